The van der Waals surface area contributed by atoms with Crippen LogP contribution in [0.15, 0.2) is 4.99 Å². The average Bonchev–Trinajstić information content (AvgIpc) is 2.60. The van der Waals surface area contributed by atoms with Crippen molar-refractivity contribution in [1.29, 1.82) is 0 Å². The van der Waals surface area contributed by atoms with Crippen molar-refractivity contribution in [3.05, 3.63) is 0 Å². The summed E-state index contributed by atoms with van der Waals surface area (Å²) in [7, 11) is 5.83. The zero-order valence-electron chi connectivity index (χ0n) is 15.6. The minimum absolute atomic E-state index is 0.0345. The van der Waals surface area contributed by atoms with E-state index in [-0.39, 0.29) is 11.9 Å². The number of hydrogen-bond donors (Lipinski definition) is 1. The summed E-state index contributed by atoms with van der Waals surface area (Å²) in [6.45, 7) is 8.74. The number of piperidine rings is 1. The Kier molecular flexibility index (Phi) is 7.30. The smallest absolute Gasteiger partial charge is 0.308 e. The number of methoxy groups -OCH3 is 1. The van der Waals surface area contributed by atoms with Crippen LogP contribution in [0.5, 0.6) is 0 Å². The van der Waals surface area contributed by atoms with Gasteiger partial charge in [-0.2, -0.15) is 0 Å². The lowest BCUT2D eigenvalue weighted by atomic mass is 9.97. The highest BCUT2D eigenvalue weighted by Gasteiger charge is 2.27. The number of nitrogens with one attached hydrogen (secondary N) is 1. The van der Waals surface area contributed by atoms with Crippen LogP contribution in [-0.4, -0.2) is 99.7 Å². The standard InChI is InChI=1S/C17H33N5O2/c1-5-18-17(19-12-15-13-20(2)10-11-21(15)3)22-8-6-14(7-9-22)16(23)24-4/h14-15H,5-13H2,1-4H3,(H,18,19). The molecule has 0 saturated carbocycles. The fourth-order valence-electron chi connectivity index (χ4n) is 3.41. The molecule has 0 amide bonds. The van der Waals surface area contributed by atoms with Crippen molar-refractivity contribution in [2.75, 3.05) is 67.0 Å². The molecule has 0 aromatic rings. The van der Waals surface area contributed by atoms with E-state index in [0.717, 1.165) is 64.6 Å². The summed E-state index contributed by atoms with van der Waals surface area (Å²) in [5.41, 5.74) is 0. The Labute approximate surface area is 146 Å². The van der Waals surface area contributed by atoms with Crippen LogP contribution in [0.4, 0.5) is 0 Å². The first-order valence-corrected chi connectivity index (χ1v) is 9.05. The number of rotatable bonds is 4. The average molecular weight is 339 g/mol. The zero-order chi connectivity index (χ0) is 17.5. The van der Waals surface area contributed by atoms with Gasteiger partial charge in [0.15, 0.2) is 5.96 Å². The molecule has 1 N–H and O–H groups in total. The molecule has 24 heavy (non-hydrogen) atoms. The van der Waals surface area contributed by atoms with Crippen molar-refractivity contribution in [2.24, 2.45) is 10.9 Å². The first-order chi connectivity index (χ1) is 11.5. The van der Waals surface area contributed by atoms with Crippen molar-refractivity contribution in [2.45, 2.75) is 25.8 Å². The number of nitrogens with zero attached hydrogens (tertiary/aromatic N) is 4. The molecular weight excluding hydrogens is 306 g/mol. The molecule has 0 bridgehead atoms. The fraction of sp³-hybridized carbons (Fsp3) is 0.882. The highest BCUT2D eigenvalue weighted by Crippen LogP contribution is 2.18. The molecule has 138 valence electrons. The minimum Gasteiger partial charge on any atom is -0.469 e. The van der Waals surface area contributed by atoms with Gasteiger partial charge in [0.2, 0.25) is 0 Å². The van der Waals surface area contributed by atoms with E-state index in [2.05, 4.69) is 41.0 Å². The van der Waals surface area contributed by atoms with E-state index < -0.39 is 0 Å². The Morgan fingerprint density at radius 3 is 2.54 bits per heavy atom. The molecule has 1 atom stereocenters. The van der Waals surface area contributed by atoms with E-state index in [1.165, 1.54) is 7.11 Å². The van der Waals surface area contributed by atoms with Crippen LogP contribution in [-0.2, 0) is 9.53 Å². The summed E-state index contributed by atoms with van der Waals surface area (Å²) in [5.74, 6) is 0.929. The van der Waals surface area contributed by atoms with Gasteiger partial charge in [-0.25, -0.2) is 0 Å². The highest BCUT2D eigenvalue weighted by atomic mass is 16.5. The van der Waals surface area contributed by atoms with E-state index in [9.17, 15) is 4.79 Å². The summed E-state index contributed by atoms with van der Waals surface area (Å²) in [6, 6.07) is 0.463. The Bertz CT molecular complexity index is 435. The van der Waals surface area contributed by atoms with E-state index >= 15 is 0 Å². The second kappa shape index (κ2) is 9.22. The Balaban J connectivity index is 1.92. The van der Waals surface area contributed by atoms with Crippen molar-refractivity contribution >= 4 is 11.9 Å². The van der Waals surface area contributed by atoms with Crippen LogP contribution in [0.2, 0.25) is 0 Å². The minimum atomic E-state index is -0.0801. The van der Waals surface area contributed by atoms with Crippen molar-refractivity contribution in [1.82, 2.24) is 20.0 Å². The Hall–Kier alpha value is -1.34. The van der Waals surface area contributed by atoms with Crippen LogP contribution in [0.3, 0.4) is 0 Å². The normalized spacial score (nSPS) is 24.9. The van der Waals surface area contributed by atoms with Gasteiger partial charge in [-0.05, 0) is 33.9 Å². The molecule has 0 radical (unpaired) electrons. The van der Waals surface area contributed by atoms with Gasteiger partial charge < -0.3 is 19.9 Å². The van der Waals surface area contributed by atoms with Gasteiger partial charge >= 0.3 is 5.97 Å². The molecule has 2 fully saturated rings. The second-order valence-corrected chi connectivity index (χ2v) is 6.88. The third-order valence-electron chi connectivity index (χ3n) is 5.10. The van der Waals surface area contributed by atoms with Crippen LogP contribution in [0.1, 0.15) is 19.8 Å². The largest absolute Gasteiger partial charge is 0.469 e. The molecule has 2 aliphatic heterocycles. The maximum atomic E-state index is 11.7. The first kappa shape index (κ1) is 19.0. The summed E-state index contributed by atoms with van der Waals surface area (Å²) >= 11 is 0. The van der Waals surface area contributed by atoms with Crippen LogP contribution in [0.25, 0.3) is 0 Å². The van der Waals surface area contributed by atoms with E-state index in [0.29, 0.717) is 6.04 Å². The fourth-order valence-corrected chi connectivity index (χ4v) is 3.41. The topological polar surface area (TPSA) is 60.4 Å². The van der Waals surface area contributed by atoms with Crippen LogP contribution in [0, 0.1) is 5.92 Å². The molecule has 0 aromatic carbocycles. The number of aliphatic imine (C=N–C) groups is 1. The quantitative estimate of drug-likeness (QED) is 0.445. The van der Waals surface area contributed by atoms with E-state index in [4.69, 9.17) is 9.73 Å². The summed E-state index contributed by atoms with van der Waals surface area (Å²) in [5, 5.41) is 3.40. The lowest BCUT2D eigenvalue weighted by molar-refractivity contribution is -0.146. The third kappa shape index (κ3) is 5.08. The SMILES string of the molecule is CCNC(=NCC1CN(C)CCN1C)N1CCC(C(=O)OC)CC1. The van der Waals surface area contributed by atoms with Gasteiger partial charge in [0.25, 0.3) is 0 Å². The molecule has 2 saturated heterocycles. The number of likely N-dealkylation sites (tertiary alicyclic amines) is 1. The molecule has 0 aromatic heterocycles. The summed E-state index contributed by atoms with van der Waals surface area (Å²) < 4.78 is 4.87. The van der Waals surface area contributed by atoms with Gasteiger partial charge in [0.1, 0.15) is 0 Å². The molecule has 1 unspecified atom stereocenters. The van der Waals surface area contributed by atoms with Gasteiger partial charge in [-0.1, -0.05) is 0 Å². The molecule has 7 heteroatoms. The monoisotopic (exact) mass is 339 g/mol. The molecular formula is C17H33N5O2. The lowest BCUT2D eigenvalue weighted by Crippen LogP contribution is -2.52. The van der Waals surface area contributed by atoms with E-state index in [1.807, 2.05) is 0 Å². The van der Waals surface area contributed by atoms with Crippen molar-refractivity contribution in [3.63, 3.8) is 0 Å². The predicted octanol–water partition coefficient (Wildman–Crippen LogP) is 0.0827. The Morgan fingerprint density at radius 1 is 1.21 bits per heavy atom. The van der Waals surface area contributed by atoms with Gasteiger partial charge in [0, 0.05) is 45.3 Å². The lowest BCUT2D eigenvalue weighted by Gasteiger charge is -2.37. The Morgan fingerprint density at radius 2 is 1.92 bits per heavy atom. The number of ether oxygens (including phenoxy) is 1. The van der Waals surface area contributed by atoms with Crippen LogP contribution >= 0.6 is 0 Å². The molecule has 0 aliphatic carbocycles. The number of carbonyl (C=O) groups excluding carboxylic acids is 1. The number of esters is 1. The molecule has 2 heterocycles. The molecule has 2 aliphatic rings. The van der Waals surface area contributed by atoms with Crippen molar-refractivity contribution < 1.29 is 9.53 Å². The number of hydrogen-bond acceptors (Lipinski definition) is 5. The summed E-state index contributed by atoms with van der Waals surface area (Å²) in [4.78, 5) is 23.6. The van der Waals surface area contributed by atoms with E-state index in [1.54, 1.807) is 0 Å². The maximum Gasteiger partial charge on any atom is 0.308 e. The molecule has 2 rings (SSSR count). The first-order valence-electron chi connectivity index (χ1n) is 9.05. The number of guanidine groups is 1. The number of likely N-dealkylation sites (N-methyl/N-ethyl adjacent to an activating group) is 2. The zero-order valence-corrected chi connectivity index (χ0v) is 15.6. The number of carbonyl (C=O) groups is 1. The van der Waals surface area contributed by atoms with Gasteiger partial charge in [0.05, 0.1) is 19.6 Å². The summed E-state index contributed by atoms with van der Waals surface area (Å²) in [6.07, 6.45) is 1.67. The van der Waals surface area contributed by atoms with Crippen LogP contribution < -0.4 is 5.32 Å². The number of piperazine rings is 1. The highest BCUT2D eigenvalue weighted by molar-refractivity contribution is 5.80. The molecule has 7 nitrogen and oxygen atoms in total. The molecule has 0 spiro atoms. The second-order valence-electron chi connectivity index (χ2n) is 6.88. The van der Waals surface area contributed by atoms with Gasteiger partial charge in [-0.3, -0.25) is 14.7 Å². The third-order valence-corrected chi connectivity index (χ3v) is 5.10. The maximum absolute atomic E-state index is 11.7. The van der Waals surface area contributed by atoms with Crippen molar-refractivity contribution in [3.8, 4) is 0 Å². The van der Waals surface area contributed by atoms with Gasteiger partial charge in [-0.15, -0.1) is 0 Å². The predicted molar refractivity (Wildman–Crippen MR) is 96.2 cm³/mol.